The Balaban J connectivity index is 1.44. The van der Waals surface area contributed by atoms with Crippen molar-refractivity contribution in [3.63, 3.8) is 0 Å². The molecule has 4 rings (SSSR count). The standard InChI is InChI=1S/C18H18FN3O3S/c19-13-3-1-2-4-14(13)20-18-21-17(23)15(26-18)11-12-5-6-16(25-12)22-7-9-24-10-8-22/h1-6,11,18,20H,7-10H2,(H,21,23)/b15-11-. The predicted molar refractivity (Wildman–Crippen MR) is 99.3 cm³/mol. The summed E-state index contributed by atoms with van der Waals surface area (Å²) in [6.07, 6.45) is 1.70. The van der Waals surface area contributed by atoms with Gasteiger partial charge in [-0.3, -0.25) is 4.79 Å². The highest BCUT2D eigenvalue weighted by atomic mass is 32.2. The predicted octanol–water partition coefficient (Wildman–Crippen LogP) is 2.85. The molecule has 136 valence electrons. The SMILES string of the molecule is O=C1NC(Nc2ccccc2F)S/C1=C\c1ccc(N2CCOCC2)o1. The number of halogens is 1. The number of nitrogens with one attached hydrogen (secondary N) is 2. The van der Waals surface area contributed by atoms with Crippen molar-refractivity contribution in [2.24, 2.45) is 0 Å². The molecule has 2 aliphatic rings. The Kier molecular flexibility index (Phi) is 4.85. The number of hydrogen-bond donors (Lipinski definition) is 2. The fourth-order valence-corrected chi connectivity index (χ4v) is 3.74. The summed E-state index contributed by atoms with van der Waals surface area (Å²) < 4.78 is 24.9. The Labute approximate surface area is 154 Å². The zero-order chi connectivity index (χ0) is 17.9. The number of amides is 1. The van der Waals surface area contributed by atoms with E-state index < -0.39 is 5.50 Å². The molecule has 8 heteroatoms. The molecule has 0 bridgehead atoms. The number of para-hydroxylation sites is 1. The molecule has 1 amide bonds. The van der Waals surface area contributed by atoms with Crippen LogP contribution in [0.4, 0.5) is 16.0 Å². The van der Waals surface area contributed by atoms with Crippen LogP contribution in [0.2, 0.25) is 0 Å². The molecule has 2 saturated heterocycles. The molecule has 2 N–H and O–H groups in total. The number of anilines is 2. The van der Waals surface area contributed by atoms with Gasteiger partial charge in [0, 0.05) is 25.2 Å². The van der Waals surface area contributed by atoms with Crippen LogP contribution in [0.3, 0.4) is 0 Å². The van der Waals surface area contributed by atoms with Crippen molar-refractivity contribution >= 4 is 35.3 Å². The molecule has 2 aromatic rings. The fraction of sp³-hybridized carbons (Fsp3) is 0.278. The third-order valence-electron chi connectivity index (χ3n) is 4.10. The maximum absolute atomic E-state index is 13.7. The number of thioether (sulfide) groups is 1. The van der Waals surface area contributed by atoms with Crippen LogP contribution in [-0.2, 0) is 9.53 Å². The van der Waals surface area contributed by atoms with Gasteiger partial charge in [-0.15, -0.1) is 0 Å². The molecular weight excluding hydrogens is 357 g/mol. The van der Waals surface area contributed by atoms with Gasteiger partial charge in [0.2, 0.25) is 0 Å². The summed E-state index contributed by atoms with van der Waals surface area (Å²) in [5, 5.41) is 5.75. The van der Waals surface area contributed by atoms with Crippen molar-refractivity contribution < 1.29 is 18.3 Å². The minimum atomic E-state index is -0.431. The molecule has 1 unspecified atom stereocenters. The van der Waals surface area contributed by atoms with Crippen LogP contribution < -0.4 is 15.5 Å². The van der Waals surface area contributed by atoms with Crippen LogP contribution in [0.15, 0.2) is 45.7 Å². The third-order valence-corrected chi connectivity index (χ3v) is 5.13. The van der Waals surface area contributed by atoms with E-state index >= 15 is 0 Å². The Morgan fingerprint density at radius 1 is 1.23 bits per heavy atom. The average Bonchev–Trinajstić information content (AvgIpc) is 3.25. The summed E-state index contributed by atoms with van der Waals surface area (Å²) >= 11 is 1.29. The van der Waals surface area contributed by atoms with Crippen LogP contribution >= 0.6 is 11.8 Å². The van der Waals surface area contributed by atoms with Gasteiger partial charge in [-0.2, -0.15) is 0 Å². The summed E-state index contributed by atoms with van der Waals surface area (Å²) in [4.78, 5) is 14.8. The van der Waals surface area contributed by atoms with Gasteiger partial charge in [-0.25, -0.2) is 4.39 Å². The van der Waals surface area contributed by atoms with Gasteiger partial charge in [-0.1, -0.05) is 23.9 Å². The summed E-state index contributed by atoms with van der Waals surface area (Å²) in [6, 6.07) is 10.1. The summed E-state index contributed by atoms with van der Waals surface area (Å²) in [5.41, 5.74) is -0.0847. The third kappa shape index (κ3) is 3.71. The lowest BCUT2D eigenvalue weighted by molar-refractivity contribution is -0.116. The van der Waals surface area contributed by atoms with E-state index in [2.05, 4.69) is 15.5 Å². The molecular formula is C18H18FN3O3S. The van der Waals surface area contributed by atoms with E-state index in [-0.39, 0.29) is 11.7 Å². The lowest BCUT2D eigenvalue weighted by Crippen LogP contribution is -2.35. The first kappa shape index (κ1) is 17.0. The van der Waals surface area contributed by atoms with Crippen molar-refractivity contribution in [3.8, 4) is 0 Å². The molecule has 1 atom stereocenters. The van der Waals surface area contributed by atoms with Crippen LogP contribution in [0, 0.1) is 5.82 Å². The minimum Gasteiger partial charge on any atom is -0.441 e. The number of rotatable bonds is 4. The highest BCUT2D eigenvalue weighted by Crippen LogP contribution is 2.31. The Hall–Kier alpha value is -2.45. The zero-order valence-corrected chi connectivity index (χ0v) is 14.7. The van der Waals surface area contributed by atoms with E-state index in [1.807, 2.05) is 12.1 Å². The second-order valence-electron chi connectivity index (χ2n) is 5.88. The van der Waals surface area contributed by atoms with Gasteiger partial charge in [0.1, 0.15) is 11.6 Å². The van der Waals surface area contributed by atoms with Gasteiger partial charge >= 0.3 is 0 Å². The number of furan rings is 1. The normalized spacial score (nSPS) is 21.9. The van der Waals surface area contributed by atoms with Crippen LogP contribution in [0.25, 0.3) is 6.08 Å². The van der Waals surface area contributed by atoms with Crippen LogP contribution in [-0.4, -0.2) is 37.7 Å². The largest absolute Gasteiger partial charge is 0.441 e. The molecule has 6 nitrogen and oxygen atoms in total. The molecule has 0 saturated carbocycles. The number of nitrogens with zero attached hydrogens (tertiary/aromatic N) is 1. The maximum Gasteiger partial charge on any atom is 0.260 e. The van der Waals surface area contributed by atoms with E-state index in [0.717, 1.165) is 19.0 Å². The quantitative estimate of drug-likeness (QED) is 0.801. The smallest absolute Gasteiger partial charge is 0.260 e. The first-order valence-electron chi connectivity index (χ1n) is 8.32. The summed E-state index contributed by atoms with van der Waals surface area (Å²) in [7, 11) is 0. The lowest BCUT2D eigenvalue weighted by atomic mass is 10.3. The van der Waals surface area contributed by atoms with Crippen molar-refractivity contribution in [1.82, 2.24) is 5.32 Å². The number of hydrogen-bond acceptors (Lipinski definition) is 6. The first-order valence-corrected chi connectivity index (χ1v) is 9.20. The zero-order valence-electron chi connectivity index (χ0n) is 13.9. The monoisotopic (exact) mass is 375 g/mol. The van der Waals surface area contributed by atoms with Gasteiger partial charge in [0.15, 0.2) is 11.4 Å². The second-order valence-corrected chi connectivity index (χ2v) is 7.03. The topological polar surface area (TPSA) is 66.7 Å². The summed E-state index contributed by atoms with van der Waals surface area (Å²) in [6.45, 7) is 2.93. The number of carbonyl (C=O) groups excluding carboxylic acids is 1. The van der Waals surface area contributed by atoms with Gasteiger partial charge in [-0.05, 0) is 18.2 Å². The molecule has 0 spiro atoms. The number of carbonyl (C=O) groups is 1. The van der Waals surface area contributed by atoms with E-state index in [0.29, 0.717) is 29.6 Å². The van der Waals surface area contributed by atoms with E-state index in [1.54, 1.807) is 24.3 Å². The average molecular weight is 375 g/mol. The van der Waals surface area contributed by atoms with E-state index in [9.17, 15) is 9.18 Å². The van der Waals surface area contributed by atoms with Gasteiger partial charge < -0.3 is 24.7 Å². The number of benzene rings is 1. The Bertz CT molecular complexity index is 833. The molecule has 2 aliphatic heterocycles. The minimum absolute atomic E-state index is 0.215. The lowest BCUT2D eigenvalue weighted by Gasteiger charge is -2.26. The molecule has 1 aromatic heterocycles. The molecule has 26 heavy (non-hydrogen) atoms. The Morgan fingerprint density at radius 3 is 2.85 bits per heavy atom. The first-order chi connectivity index (χ1) is 12.7. The maximum atomic E-state index is 13.7. The van der Waals surface area contributed by atoms with Gasteiger partial charge in [0.05, 0.1) is 23.8 Å². The fourth-order valence-electron chi connectivity index (χ4n) is 2.79. The molecule has 0 radical (unpaired) electrons. The van der Waals surface area contributed by atoms with E-state index in [4.69, 9.17) is 9.15 Å². The molecule has 3 heterocycles. The summed E-state index contributed by atoms with van der Waals surface area (Å²) in [5.74, 6) is 0.800. The van der Waals surface area contributed by atoms with Crippen LogP contribution in [0.5, 0.6) is 0 Å². The molecule has 2 fully saturated rings. The highest BCUT2D eigenvalue weighted by molar-refractivity contribution is 8.05. The highest BCUT2D eigenvalue weighted by Gasteiger charge is 2.28. The molecule has 1 aromatic carbocycles. The number of ether oxygens (including phenoxy) is 1. The molecule has 0 aliphatic carbocycles. The van der Waals surface area contributed by atoms with Crippen molar-refractivity contribution in [1.29, 1.82) is 0 Å². The van der Waals surface area contributed by atoms with Crippen LogP contribution in [0.1, 0.15) is 5.76 Å². The van der Waals surface area contributed by atoms with Crippen molar-refractivity contribution in [2.75, 3.05) is 36.5 Å². The van der Waals surface area contributed by atoms with E-state index in [1.165, 1.54) is 17.8 Å². The second kappa shape index (κ2) is 7.43. The van der Waals surface area contributed by atoms with Crippen molar-refractivity contribution in [2.45, 2.75) is 5.50 Å². The Morgan fingerprint density at radius 2 is 2.04 bits per heavy atom. The number of morpholine rings is 1. The van der Waals surface area contributed by atoms with Gasteiger partial charge in [0.25, 0.3) is 5.91 Å². The van der Waals surface area contributed by atoms with Crippen molar-refractivity contribution in [3.05, 3.63) is 52.9 Å².